The summed E-state index contributed by atoms with van der Waals surface area (Å²) < 4.78 is 37.9. The SMILES string of the molecule is CCOC(=O)C1=C2N(C)c3ccccc3N2CC=C1C.[O-][Cl+3]([O-])([O-])O. The Bertz CT molecular complexity index is 720. The van der Waals surface area contributed by atoms with Crippen LogP contribution in [0.1, 0.15) is 13.8 Å². The van der Waals surface area contributed by atoms with Crippen LogP contribution in [-0.4, -0.2) is 30.8 Å². The van der Waals surface area contributed by atoms with Gasteiger partial charge in [-0.1, -0.05) is 18.2 Å². The quantitative estimate of drug-likeness (QED) is 0.627. The van der Waals surface area contributed by atoms with Crippen LogP contribution in [0.25, 0.3) is 0 Å². The molecule has 0 saturated heterocycles. The molecule has 0 fully saturated rings. The van der Waals surface area contributed by atoms with E-state index in [0.717, 1.165) is 29.3 Å². The maximum Gasteiger partial charge on any atom is 0.342 e. The highest BCUT2D eigenvalue weighted by Crippen LogP contribution is 2.44. The molecule has 0 bridgehead atoms. The van der Waals surface area contributed by atoms with Crippen molar-refractivity contribution in [2.45, 2.75) is 13.8 Å². The van der Waals surface area contributed by atoms with Crippen LogP contribution < -0.4 is 23.8 Å². The van der Waals surface area contributed by atoms with Gasteiger partial charge in [-0.3, -0.25) is 0 Å². The van der Waals surface area contributed by atoms with Gasteiger partial charge in [-0.15, -0.1) is 0 Å². The summed E-state index contributed by atoms with van der Waals surface area (Å²) in [4.78, 5) is 16.5. The molecule has 2 aliphatic rings. The number of rotatable bonds is 2. The number of halogens is 1. The summed E-state index contributed by atoms with van der Waals surface area (Å²) in [7, 11) is -2.70. The fraction of sp³-hybridized carbons (Fsp3) is 0.312. The molecule has 1 aromatic carbocycles. The van der Waals surface area contributed by atoms with E-state index in [1.54, 1.807) is 0 Å². The fourth-order valence-electron chi connectivity index (χ4n) is 2.83. The number of esters is 1. The van der Waals surface area contributed by atoms with Crippen molar-refractivity contribution >= 4 is 17.3 Å². The lowest BCUT2D eigenvalue weighted by atomic mass is 10.0. The lowest BCUT2D eigenvalue weighted by molar-refractivity contribution is -1.92. The third-order valence-electron chi connectivity index (χ3n) is 3.78. The molecule has 9 heteroatoms. The zero-order valence-corrected chi connectivity index (χ0v) is 14.8. The van der Waals surface area contributed by atoms with Gasteiger partial charge in [0.2, 0.25) is 0 Å². The van der Waals surface area contributed by atoms with Gasteiger partial charge in [0, 0.05) is 13.6 Å². The minimum Gasteiger partial charge on any atom is -0.462 e. The Labute approximate surface area is 147 Å². The standard InChI is InChI=1S/C16H18N2O2.ClHO4/c1-4-20-16(19)14-11(2)9-10-18-13-8-6-5-7-12(13)17(3)15(14)18;2-1(3,4)5/h5-9H,4,10H2,1-3H3;(H,2,3,4,5). The van der Waals surface area contributed by atoms with Crippen LogP contribution in [0.5, 0.6) is 0 Å². The molecular weight excluding hydrogens is 352 g/mol. The zero-order valence-electron chi connectivity index (χ0n) is 14.1. The Morgan fingerprint density at radius 3 is 2.40 bits per heavy atom. The molecular formula is C16H19ClN2O6. The molecule has 2 heterocycles. The Kier molecular flexibility index (Phi) is 5.71. The van der Waals surface area contributed by atoms with E-state index in [9.17, 15) is 4.79 Å². The Balaban J connectivity index is 0.000000399. The number of carbonyl (C=O) groups excluding carboxylic acids is 1. The molecule has 0 aliphatic carbocycles. The van der Waals surface area contributed by atoms with Crippen LogP contribution >= 0.6 is 0 Å². The molecule has 0 atom stereocenters. The number of anilines is 2. The van der Waals surface area contributed by atoms with Crippen LogP contribution in [0.3, 0.4) is 0 Å². The highest BCUT2D eigenvalue weighted by atomic mass is 35.7. The molecule has 1 N–H and O–H groups in total. The van der Waals surface area contributed by atoms with Crippen LogP contribution in [0, 0.1) is 10.2 Å². The van der Waals surface area contributed by atoms with Gasteiger partial charge < -0.3 is 14.5 Å². The number of nitrogens with zero attached hydrogens (tertiary/aromatic N) is 2. The van der Waals surface area contributed by atoms with Crippen LogP contribution in [0.2, 0.25) is 0 Å². The predicted octanol–water partition coefficient (Wildman–Crippen LogP) is -1.45. The van der Waals surface area contributed by atoms with Crippen molar-refractivity contribution in [2.24, 2.45) is 0 Å². The van der Waals surface area contributed by atoms with Crippen molar-refractivity contribution in [3.05, 3.63) is 47.3 Å². The summed E-state index contributed by atoms with van der Waals surface area (Å²) in [6.45, 7) is 4.97. The van der Waals surface area contributed by atoms with Gasteiger partial charge in [0.25, 0.3) is 0 Å². The smallest absolute Gasteiger partial charge is 0.342 e. The second-order valence-electron chi connectivity index (χ2n) is 5.36. The summed E-state index contributed by atoms with van der Waals surface area (Å²) in [6.07, 6.45) is 2.08. The van der Waals surface area contributed by atoms with E-state index in [2.05, 4.69) is 28.0 Å². The van der Waals surface area contributed by atoms with Gasteiger partial charge in [0.15, 0.2) is 0 Å². The van der Waals surface area contributed by atoms with Gasteiger partial charge in [0.1, 0.15) is 11.4 Å². The van der Waals surface area contributed by atoms with Crippen molar-refractivity contribution in [3.63, 3.8) is 0 Å². The first-order valence-electron chi connectivity index (χ1n) is 7.47. The molecule has 1 aromatic rings. The van der Waals surface area contributed by atoms with Crippen LogP contribution in [-0.2, 0) is 9.53 Å². The van der Waals surface area contributed by atoms with E-state index in [0.29, 0.717) is 12.2 Å². The molecule has 0 unspecified atom stereocenters. The van der Waals surface area contributed by atoms with Gasteiger partial charge >= 0.3 is 5.97 Å². The first-order chi connectivity index (χ1) is 11.6. The van der Waals surface area contributed by atoms with Crippen molar-refractivity contribution in [1.29, 1.82) is 0 Å². The summed E-state index contributed by atoms with van der Waals surface area (Å²) in [5, 5.41) is 0. The van der Waals surface area contributed by atoms with E-state index >= 15 is 0 Å². The molecule has 0 saturated carbocycles. The first-order valence-corrected chi connectivity index (χ1v) is 8.73. The van der Waals surface area contributed by atoms with Gasteiger partial charge in [-0.05, 0) is 31.6 Å². The van der Waals surface area contributed by atoms with Gasteiger partial charge in [0.05, 0.1) is 32.9 Å². The van der Waals surface area contributed by atoms with Crippen LogP contribution in [0.15, 0.2) is 47.3 Å². The monoisotopic (exact) mass is 370 g/mol. The fourth-order valence-corrected chi connectivity index (χ4v) is 2.83. The highest BCUT2D eigenvalue weighted by Gasteiger charge is 2.36. The Morgan fingerprint density at radius 2 is 1.84 bits per heavy atom. The number of fused-ring (bicyclic) bond motifs is 3. The number of carbonyl (C=O) groups is 1. The van der Waals surface area contributed by atoms with E-state index in [4.69, 9.17) is 23.4 Å². The van der Waals surface area contributed by atoms with Gasteiger partial charge in [-0.25, -0.2) is 4.79 Å². The normalized spacial score (nSPS) is 15.9. The second-order valence-corrected chi connectivity index (χ2v) is 6.15. The summed E-state index contributed by atoms with van der Waals surface area (Å²) >= 11 is 0. The topological polar surface area (TPSA) is 122 Å². The highest BCUT2D eigenvalue weighted by molar-refractivity contribution is 5.99. The third kappa shape index (κ3) is 4.30. The number of benzene rings is 1. The number of hydrogen-bond donors (Lipinski definition) is 1. The molecule has 0 radical (unpaired) electrons. The average molecular weight is 371 g/mol. The first kappa shape index (κ1) is 19.2. The van der Waals surface area contributed by atoms with E-state index in [1.165, 1.54) is 0 Å². The molecule has 8 nitrogen and oxygen atoms in total. The summed E-state index contributed by atoms with van der Waals surface area (Å²) in [5.74, 6) is 0.672. The minimum absolute atomic E-state index is 0.249. The molecule has 2 aliphatic heterocycles. The minimum atomic E-state index is -4.69. The van der Waals surface area contributed by atoms with Crippen LogP contribution in [0.4, 0.5) is 11.4 Å². The molecule has 3 rings (SSSR count). The molecule has 136 valence electrons. The molecule has 0 spiro atoms. The molecule has 0 aromatic heterocycles. The largest absolute Gasteiger partial charge is 0.462 e. The van der Waals surface area contributed by atoms with Crippen molar-refractivity contribution in [2.75, 3.05) is 30.0 Å². The number of para-hydroxylation sites is 2. The maximum atomic E-state index is 12.3. The molecule has 0 amide bonds. The molecule has 25 heavy (non-hydrogen) atoms. The van der Waals surface area contributed by atoms with E-state index in [1.807, 2.05) is 33.0 Å². The summed E-state index contributed by atoms with van der Waals surface area (Å²) in [5.41, 5.74) is 3.90. The Hall–Kier alpha value is -2.10. The second kappa shape index (κ2) is 7.42. The number of ether oxygens (including phenoxy) is 1. The lowest BCUT2D eigenvalue weighted by Gasteiger charge is -2.28. The summed E-state index contributed by atoms with van der Waals surface area (Å²) in [6, 6.07) is 8.18. The van der Waals surface area contributed by atoms with E-state index in [-0.39, 0.29) is 5.97 Å². The van der Waals surface area contributed by atoms with Crippen molar-refractivity contribution < 1.29 is 38.4 Å². The average Bonchev–Trinajstić information content (AvgIpc) is 2.79. The maximum absolute atomic E-state index is 12.3. The Morgan fingerprint density at radius 1 is 1.28 bits per heavy atom. The van der Waals surface area contributed by atoms with E-state index < -0.39 is 10.2 Å². The number of hydrogen-bond acceptors (Lipinski definition) is 8. The van der Waals surface area contributed by atoms with Crippen molar-refractivity contribution in [3.8, 4) is 0 Å². The zero-order chi connectivity index (χ0) is 18.8. The predicted molar refractivity (Wildman–Crippen MR) is 81.8 cm³/mol. The lowest BCUT2D eigenvalue weighted by Crippen LogP contribution is -2.58. The van der Waals surface area contributed by atoms with Crippen molar-refractivity contribution in [1.82, 2.24) is 0 Å². The third-order valence-corrected chi connectivity index (χ3v) is 3.78. The van der Waals surface area contributed by atoms with Gasteiger partial charge in [-0.2, -0.15) is 14.0 Å².